The molecule has 1 aliphatic carbocycles. The lowest BCUT2D eigenvalue weighted by molar-refractivity contribution is -0.120. The zero-order valence-corrected chi connectivity index (χ0v) is 12.9. The Hall–Kier alpha value is -0.940. The van der Waals surface area contributed by atoms with E-state index in [0.29, 0.717) is 6.42 Å². The largest absolute Gasteiger partial charge is 0.356 e. The van der Waals surface area contributed by atoms with Crippen LogP contribution in [0.2, 0.25) is 0 Å². The van der Waals surface area contributed by atoms with Crippen molar-refractivity contribution in [2.24, 2.45) is 5.41 Å². The number of carbonyl (C=O) groups excluding carboxylic acids is 1. The van der Waals surface area contributed by atoms with E-state index in [1.165, 1.54) is 11.3 Å². The monoisotopic (exact) mass is 296 g/mol. The molecule has 1 spiro atoms. The summed E-state index contributed by atoms with van der Waals surface area (Å²) in [6.07, 6.45) is 4.71. The van der Waals surface area contributed by atoms with Crippen molar-refractivity contribution in [1.29, 1.82) is 0 Å². The van der Waals surface area contributed by atoms with E-state index in [-0.39, 0.29) is 22.0 Å². The quantitative estimate of drug-likeness (QED) is 0.910. The number of hydrogen-bond acceptors (Lipinski definition) is 3. The zero-order valence-electron chi connectivity index (χ0n) is 12.0. The molecule has 2 fully saturated rings. The Labute approximate surface area is 123 Å². The third-order valence-corrected chi connectivity index (χ3v) is 6.29. The van der Waals surface area contributed by atoms with Gasteiger partial charge in [-0.3, -0.25) is 9.69 Å². The first-order valence-electron chi connectivity index (χ1n) is 7.16. The average molecular weight is 296 g/mol. The van der Waals surface area contributed by atoms with E-state index in [4.69, 9.17) is 0 Å². The highest BCUT2D eigenvalue weighted by atomic mass is 32.1. The summed E-state index contributed by atoms with van der Waals surface area (Å²) in [5, 5.41) is 2.86. The molecule has 0 bridgehead atoms. The zero-order chi connectivity index (χ0) is 14.4. The van der Waals surface area contributed by atoms with E-state index in [0.717, 1.165) is 37.1 Å². The van der Waals surface area contributed by atoms with Gasteiger partial charge in [-0.15, -0.1) is 11.3 Å². The second kappa shape index (κ2) is 4.81. The lowest BCUT2D eigenvalue weighted by Gasteiger charge is -2.47. The van der Waals surface area contributed by atoms with Crippen LogP contribution in [0.15, 0.2) is 12.1 Å². The molecule has 0 radical (unpaired) electrons. The van der Waals surface area contributed by atoms with Crippen LogP contribution in [0.5, 0.6) is 0 Å². The van der Waals surface area contributed by atoms with Crippen molar-refractivity contribution < 1.29 is 9.18 Å². The summed E-state index contributed by atoms with van der Waals surface area (Å²) in [6.45, 7) is 0.814. The van der Waals surface area contributed by atoms with Gasteiger partial charge in [0.1, 0.15) is 0 Å². The molecule has 2 heterocycles. The smallest absolute Gasteiger partial charge is 0.220 e. The van der Waals surface area contributed by atoms with Crippen LogP contribution in [0.25, 0.3) is 0 Å². The lowest BCUT2D eigenvalue weighted by Crippen LogP contribution is -2.46. The van der Waals surface area contributed by atoms with E-state index in [9.17, 15) is 9.18 Å². The van der Waals surface area contributed by atoms with Crippen LogP contribution >= 0.6 is 11.3 Å². The Bertz CT molecular complexity index is 518. The molecule has 0 aromatic carbocycles. The number of amides is 1. The van der Waals surface area contributed by atoms with Crippen LogP contribution in [0.4, 0.5) is 4.39 Å². The van der Waals surface area contributed by atoms with Gasteiger partial charge in [0.25, 0.3) is 0 Å². The van der Waals surface area contributed by atoms with Gasteiger partial charge in [0.15, 0.2) is 5.13 Å². The van der Waals surface area contributed by atoms with Gasteiger partial charge in [-0.05, 0) is 57.3 Å². The summed E-state index contributed by atoms with van der Waals surface area (Å²) in [5.74, 6) is 0.185. The Morgan fingerprint density at radius 3 is 2.40 bits per heavy atom. The molecule has 1 aromatic rings. The summed E-state index contributed by atoms with van der Waals surface area (Å²) >= 11 is 1.26. The second-order valence-corrected chi connectivity index (χ2v) is 7.52. The molecule has 0 unspecified atom stereocenters. The number of halogens is 1. The van der Waals surface area contributed by atoms with Gasteiger partial charge in [0, 0.05) is 17.8 Å². The Balaban J connectivity index is 1.83. The number of nitrogens with one attached hydrogen (secondary N) is 1. The highest BCUT2D eigenvalue weighted by Gasteiger charge is 2.48. The first-order chi connectivity index (χ1) is 9.46. The minimum atomic E-state index is -0.112. The minimum absolute atomic E-state index is 0.0636. The summed E-state index contributed by atoms with van der Waals surface area (Å²) in [7, 11) is 4.15. The molecule has 0 atom stereocenters. The first-order valence-corrected chi connectivity index (χ1v) is 7.97. The molecule has 1 aromatic heterocycles. The maximum absolute atomic E-state index is 13.4. The molecule has 1 saturated heterocycles. The number of hydrogen-bond donors (Lipinski definition) is 1. The van der Waals surface area contributed by atoms with Gasteiger partial charge in [-0.1, -0.05) is 0 Å². The van der Waals surface area contributed by atoms with Crippen LogP contribution in [0.3, 0.4) is 0 Å². The molecule has 1 aliphatic heterocycles. The molecule has 3 rings (SSSR count). The Kier molecular flexibility index (Phi) is 3.37. The topological polar surface area (TPSA) is 32.3 Å². The van der Waals surface area contributed by atoms with Crippen molar-refractivity contribution >= 4 is 17.2 Å². The average Bonchev–Trinajstić information content (AvgIpc) is 2.98. The second-order valence-electron chi connectivity index (χ2n) is 6.48. The van der Waals surface area contributed by atoms with E-state index < -0.39 is 0 Å². The van der Waals surface area contributed by atoms with Gasteiger partial charge in [-0.25, -0.2) is 0 Å². The van der Waals surface area contributed by atoms with Crippen LogP contribution < -0.4 is 5.32 Å². The standard InChI is InChI=1S/C15H21FN2OS/c1-18(2)15(11-3-4-12(16)20-11)7-5-14(6-8-15)9-13(19)17-10-14/h3-4H,5-10H2,1-2H3,(H,17,19). The van der Waals surface area contributed by atoms with Crippen LogP contribution in [0, 0.1) is 10.5 Å². The van der Waals surface area contributed by atoms with Crippen LogP contribution in [0.1, 0.15) is 37.0 Å². The van der Waals surface area contributed by atoms with E-state index >= 15 is 0 Å². The molecule has 3 nitrogen and oxygen atoms in total. The van der Waals surface area contributed by atoms with Crippen molar-refractivity contribution in [2.75, 3.05) is 20.6 Å². The minimum Gasteiger partial charge on any atom is -0.356 e. The van der Waals surface area contributed by atoms with Gasteiger partial charge in [0.05, 0.1) is 5.54 Å². The fourth-order valence-corrected chi connectivity index (χ4v) is 4.84. The molecular formula is C15H21FN2OS. The van der Waals surface area contributed by atoms with Gasteiger partial charge >= 0.3 is 0 Å². The Morgan fingerprint density at radius 1 is 1.25 bits per heavy atom. The molecule has 110 valence electrons. The molecule has 1 N–H and O–H groups in total. The summed E-state index contributed by atoms with van der Waals surface area (Å²) < 4.78 is 13.4. The van der Waals surface area contributed by atoms with Crippen molar-refractivity contribution in [1.82, 2.24) is 10.2 Å². The van der Waals surface area contributed by atoms with Crippen molar-refractivity contribution in [3.8, 4) is 0 Å². The SMILES string of the molecule is CN(C)C1(c2ccc(F)s2)CCC2(CC1)CNC(=O)C2. The molecule has 20 heavy (non-hydrogen) atoms. The highest BCUT2D eigenvalue weighted by Crippen LogP contribution is 2.51. The number of carbonyl (C=O) groups is 1. The van der Waals surface area contributed by atoms with E-state index in [1.807, 2.05) is 6.07 Å². The number of nitrogens with zero attached hydrogens (tertiary/aromatic N) is 1. The van der Waals surface area contributed by atoms with Crippen LogP contribution in [-0.4, -0.2) is 31.4 Å². The maximum Gasteiger partial charge on any atom is 0.220 e. The Morgan fingerprint density at radius 2 is 1.95 bits per heavy atom. The van der Waals surface area contributed by atoms with Gasteiger partial charge < -0.3 is 5.32 Å². The predicted molar refractivity (Wildman–Crippen MR) is 78.2 cm³/mol. The fraction of sp³-hybridized carbons (Fsp3) is 0.667. The first kappa shape index (κ1) is 14.0. The molecule has 5 heteroatoms. The van der Waals surface area contributed by atoms with E-state index in [2.05, 4.69) is 24.3 Å². The third-order valence-electron chi connectivity index (χ3n) is 5.22. The number of rotatable bonds is 2. The molecule has 1 saturated carbocycles. The van der Waals surface area contributed by atoms with Crippen molar-refractivity contribution in [3.05, 3.63) is 22.1 Å². The van der Waals surface area contributed by atoms with Crippen molar-refractivity contribution in [3.63, 3.8) is 0 Å². The van der Waals surface area contributed by atoms with Crippen molar-refractivity contribution in [2.45, 2.75) is 37.6 Å². The lowest BCUT2D eigenvalue weighted by atomic mass is 9.66. The van der Waals surface area contributed by atoms with Gasteiger partial charge in [0.2, 0.25) is 5.91 Å². The fourth-order valence-electron chi connectivity index (χ4n) is 3.78. The molecule has 1 amide bonds. The summed E-state index contributed by atoms with van der Waals surface area (Å²) in [5.41, 5.74) is 0.0816. The number of thiophene rings is 1. The van der Waals surface area contributed by atoms with Crippen LogP contribution in [-0.2, 0) is 10.3 Å². The molecular weight excluding hydrogens is 275 g/mol. The maximum atomic E-state index is 13.4. The highest BCUT2D eigenvalue weighted by molar-refractivity contribution is 7.10. The third kappa shape index (κ3) is 2.17. The summed E-state index contributed by atoms with van der Waals surface area (Å²) in [6, 6.07) is 3.49. The van der Waals surface area contributed by atoms with E-state index in [1.54, 1.807) is 6.07 Å². The molecule has 2 aliphatic rings. The van der Waals surface area contributed by atoms with Gasteiger partial charge in [-0.2, -0.15) is 4.39 Å². The normalized spacial score (nSPS) is 33.9. The summed E-state index contributed by atoms with van der Waals surface area (Å²) in [4.78, 5) is 14.9. The predicted octanol–water partition coefficient (Wildman–Crippen LogP) is 2.72.